The van der Waals surface area contributed by atoms with Crippen molar-refractivity contribution in [2.75, 3.05) is 0 Å². The zero-order chi connectivity index (χ0) is 25.4. The second-order valence-electron chi connectivity index (χ2n) is 9.18. The van der Waals surface area contributed by atoms with Crippen molar-refractivity contribution in [3.05, 3.63) is 71.8 Å². The van der Waals surface area contributed by atoms with Crippen molar-refractivity contribution in [1.29, 1.82) is 0 Å². The Hall–Kier alpha value is -2.75. The van der Waals surface area contributed by atoms with E-state index in [1.165, 1.54) is 55.7 Å². The number of furan rings is 1. The van der Waals surface area contributed by atoms with Crippen LogP contribution >= 0.6 is 0 Å². The van der Waals surface area contributed by atoms with E-state index >= 15 is 0 Å². The van der Waals surface area contributed by atoms with Gasteiger partial charge in [0.2, 0.25) is 5.54 Å². The number of allylic oxidation sites excluding steroid dienone is 1. The molecule has 0 saturated carbocycles. The molecular weight excluding hydrogens is 462 g/mol. The van der Waals surface area contributed by atoms with Crippen molar-refractivity contribution >= 4 is 5.78 Å². The summed E-state index contributed by atoms with van der Waals surface area (Å²) in [5.74, 6) is -3.43. The molecule has 1 aromatic heterocycles. The monoisotopic (exact) mass is 488 g/mol. The molecule has 1 aromatic carbocycles. The number of hydrogen-bond donors (Lipinski definition) is 2. The number of rotatable bonds is 7. The van der Waals surface area contributed by atoms with Crippen molar-refractivity contribution in [2.45, 2.75) is 57.7 Å². The fraction of sp³-hybridized carbons (Fsp3) is 0.458. The van der Waals surface area contributed by atoms with Crippen LogP contribution in [0.2, 0.25) is 0 Å². The molecule has 1 aliphatic carbocycles. The predicted octanol–water partition coefficient (Wildman–Crippen LogP) is 6.08. The first-order chi connectivity index (χ1) is 15.7. The SMILES string of the molecule is C[C@H](NC([C@@H]1C(=O)CC(C)(C)C=C1NCc1ccco1)(C(F)(F)F)C(F)(F)F)c1ccccc1. The molecule has 4 nitrogen and oxygen atoms in total. The van der Waals surface area contributed by atoms with E-state index in [-0.39, 0.29) is 12.1 Å². The van der Waals surface area contributed by atoms with Crippen LogP contribution in [-0.2, 0) is 11.3 Å². The molecule has 2 atom stereocenters. The van der Waals surface area contributed by atoms with Gasteiger partial charge in [-0.3, -0.25) is 10.1 Å². The van der Waals surface area contributed by atoms with Gasteiger partial charge in [-0.25, -0.2) is 0 Å². The lowest BCUT2D eigenvalue weighted by atomic mass is 9.67. The maximum Gasteiger partial charge on any atom is 0.416 e. The molecule has 10 heteroatoms. The number of carbonyl (C=O) groups excluding carboxylic acids is 1. The lowest BCUT2D eigenvalue weighted by Crippen LogP contribution is -2.73. The van der Waals surface area contributed by atoms with E-state index in [4.69, 9.17) is 4.42 Å². The lowest BCUT2D eigenvalue weighted by molar-refractivity contribution is -0.320. The maximum absolute atomic E-state index is 14.6. The average Bonchev–Trinajstić information content (AvgIpc) is 3.22. The number of ketones is 1. The summed E-state index contributed by atoms with van der Waals surface area (Å²) in [5, 5.41) is 4.43. The van der Waals surface area contributed by atoms with Gasteiger partial charge in [-0.1, -0.05) is 50.3 Å². The molecule has 1 aliphatic rings. The smallest absolute Gasteiger partial charge is 0.416 e. The molecule has 0 amide bonds. The third kappa shape index (κ3) is 5.01. The molecule has 34 heavy (non-hydrogen) atoms. The van der Waals surface area contributed by atoms with E-state index in [1.54, 1.807) is 25.2 Å². The summed E-state index contributed by atoms with van der Waals surface area (Å²) in [4.78, 5) is 13.1. The Morgan fingerprint density at radius 1 is 1.03 bits per heavy atom. The van der Waals surface area contributed by atoms with Crippen LogP contribution in [-0.4, -0.2) is 23.7 Å². The van der Waals surface area contributed by atoms with E-state index < -0.39 is 53.2 Å². The summed E-state index contributed by atoms with van der Waals surface area (Å²) < 4.78 is 92.6. The Labute approximate surface area is 193 Å². The Bertz CT molecular complexity index is 996. The third-order valence-electron chi connectivity index (χ3n) is 5.93. The Morgan fingerprint density at radius 3 is 2.18 bits per heavy atom. The molecule has 0 bridgehead atoms. The van der Waals surface area contributed by atoms with Crippen LogP contribution in [0.1, 0.15) is 44.6 Å². The molecule has 0 unspecified atom stereocenters. The van der Waals surface area contributed by atoms with E-state index in [2.05, 4.69) is 5.32 Å². The second-order valence-corrected chi connectivity index (χ2v) is 9.18. The van der Waals surface area contributed by atoms with E-state index in [1.807, 2.05) is 0 Å². The van der Waals surface area contributed by atoms with Gasteiger partial charge in [0, 0.05) is 18.2 Å². The number of hydrogen-bond acceptors (Lipinski definition) is 4. The standard InChI is InChI=1S/C24H26F6N2O2/c1-15(16-8-5-4-6-9-16)32-22(23(25,26)27,24(28,29)30)20-18(12-21(2,3)13-19(20)33)31-14-17-10-7-11-34-17/h4-12,15,20,31-32H,13-14H2,1-3H3/t15-,20-/m0/s1. The second kappa shape index (κ2) is 9.13. The minimum Gasteiger partial charge on any atom is -0.467 e. The van der Waals surface area contributed by atoms with Gasteiger partial charge in [0.1, 0.15) is 11.5 Å². The number of Topliss-reactive ketones (excluding diaryl/α,β-unsaturated/α-hetero) is 1. The molecule has 0 fully saturated rings. The molecule has 0 saturated heterocycles. The average molecular weight is 488 g/mol. The number of carbonyl (C=O) groups is 1. The normalized spacial score (nSPS) is 20.1. The van der Waals surface area contributed by atoms with Crippen LogP contribution in [0.25, 0.3) is 0 Å². The van der Waals surface area contributed by atoms with Crippen LogP contribution in [0.5, 0.6) is 0 Å². The van der Waals surface area contributed by atoms with Crippen LogP contribution in [0.4, 0.5) is 26.3 Å². The topological polar surface area (TPSA) is 54.3 Å². The number of alkyl halides is 6. The lowest BCUT2D eigenvalue weighted by Gasteiger charge is -2.47. The Balaban J connectivity index is 2.15. The highest BCUT2D eigenvalue weighted by atomic mass is 19.4. The predicted molar refractivity (Wildman–Crippen MR) is 113 cm³/mol. The van der Waals surface area contributed by atoms with Gasteiger partial charge in [0.05, 0.1) is 18.7 Å². The van der Waals surface area contributed by atoms with E-state index in [0.717, 1.165) is 0 Å². The third-order valence-corrected chi connectivity index (χ3v) is 5.93. The van der Waals surface area contributed by atoms with E-state index in [0.29, 0.717) is 5.76 Å². The highest BCUT2D eigenvalue weighted by molar-refractivity contribution is 5.87. The minimum atomic E-state index is -5.85. The zero-order valence-electron chi connectivity index (χ0n) is 18.8. The van der Waals surface area contributed by atoms with Gasteiger partial charge in [-0.05, 0) is 30.0 Å². The number of benzene rings is 1. The molecule has 0 radical (unpaired) electrons. The van der Waals surface area contributed by atoms with Gasteiger partial charge in [-0.15, -0.1) is 0 Å². The molecule has 0 spiro atoms. The fourth-order valence-electron chi connectivity index (χ4n) is 4.41. The van der Waals surface area contributed by atoms with Crippen LogP contribution in [0.3, 0.4) is 0 Å². The summed E-state index contributed by atoms with van der Waals surface area (Å²) in [7, 11) is 0. The van der Waals surface area contributed by atoms with Gasteiger partial charge in [0.25, 0.3) is 0 Å². The first-order valence-corrected chi connectivity index (χ1v) is 10.7. The quantitative estimate of drug-likeness (QED) is 0.464. The number of halogens is 6. The summed E-state index contributed by atoms with van der Waals surface area (Å²) >= 11 is 0. The first kappa shape index (κ1) is 25.9. The van der Waals surface area contributed by atoms with E-state index in [9.17, 15) is 31.1 Å². The van der Waals surface area contributed by atoms with Crippen LogP contribution < -0.4 is 10.6 Å². The zero-order valence-corrected chi connectivity index (χ0v) is 18.8. The molecule has 3 rings (SSSR count). The molecule has 0 aliphatic heterocycles. The highest BCUT2D eigenvalue weighted by Crippen LogP contribution is 2.53. The molecule has 2 N–H and O–H groups in total. The molecule has 186 valence electrons. The summed E-state index contributed by atoms with van der Waals surface area (Å²) in [6, 6.07) is 9.18. The minimum absolute atomic E-state index is 0.182. The largest absolute Gasteiger partial charge is 0.467 e. The van der Waals surface area contributed by atoms with Gasteiger partial charge in [-0.2, -0.15) is 26.3 Å². The van der Waals surface area contributed by atoms with Gasteiger partial charge >= 0.3 is 12.4 Å². The maximum atomic E-state index is 14.6. The Morgan fingerprint density at radius 2 is 1.65 bits per heavy atom. The molecular formula is C24H26F6N2O2. The summed E-state index contributed by atoms with van der Waals surface area (Å²) in [5.41, 5.74) is -5.68. The van der Waals surface area contributed by atoms with Crippen molar-refractivity contribution in [1.82, 2.24) is 10.6 Å². The molecule has 2 aromatic rings. The van der Waals surface area contributed by atoms with Crippen molar-refractivity contribution in [3.8, 4) is 0 Å². The summed E-state index contributed by atoms with van der Waals surface area (Å²) in [6.07, 6.45) is -9.55. The highest BCUT2D eigenvalue weighted by Gasteiger charge is 2.76. The van der Waals surface area contributed by atoms with Crippen molar-refractivity contribution in [3.63, 3.8) is 0 Å². The fourth-order valence-corrected chi connectivity index (χ4v) is 4.41. The van der Waals surface area contributed by atoms with Gasteiger partial charge in [0.15, 0.2) is 0 Å². The molecule has 1 heterocycles. The van der Waals surface area contributed by atoms with Crippen molar-refractivity contribution < 1.29 is 35.6 Å². The summed E-state index contributed by atoms with van der Waals surface area (Å²) in [6.45, 7) is 4.19. The van der Waals surface area contributed by atoms with Crippen molar-refractivity contribution in [2.24, 2.45) is 11.3 Å². The number of nitrogens with one attached hydrogen (secondary N) is 2. The van der Waals surface area contributed by atoms with Gasteiger partial charge < -0.3 is 9.73 Å². The van der Waals surface area contributed by atoms with Crippen LogP contribution in [0, 0.1) is 11.3 Å². The Kier molecular flexibility index (Phi) is 6.94. The first-order valence-electron chi connectivity index (χ1n) is 10.7. The van der Waals surface area contributed by atoms with Crippen LogP contribution in [0.15, 0.2) is 64.9 Å².